The van der Waals surface area contributed by atoms with E-state index in [9.17, 15) is 4.79 Å². The number of carbonyl (C=O) groups is 1. The van der Waals surface area contributed by atoms with Crippen molar-refractivity contribution in [3.8, 4) is 0 Å². The standard InChI is InChI=1S/C15H25NOS/c1-3-10-16-12(2)14(11-15(16)17)18-13-8-6-4-5-7-9-13/h13-14H,2-11H2,1H3. The van der Waals surface area contributed by atoms with Crippen LogP contribution in [0.2, 0.25) is 0 Å². The zero-order valence-corrected chi connectivity index (χ0v) is 12.3. The molecule has 2 rings (SSSR count). The number of hydrogen-bond acceptors (Lipinski definition) is 2. The summed E-state index contributed by atoms with van der Waals surface area (Å²) in [5.74, 6) is 0.285. The molecule has 2 aliphatic rings. The Morgan fingerprint density at radius 3 is 2.56 bits per heavy atom. The van der Waals surface area contributed by atoms with Crippen LogP contribution in [0.1, 0.15) is 58.3 Å². The minimum Gasteiger partial charge on any atom is -0.316 e. The third-order valence-corrected chi connectivity index (χ3v) is 5.61. The molecule has 2 fully saturated rings. The van der Waals surface area contributed by atoms with Gasteiger partial charge in [-0.1, -0.05) is 39.2 Å². The highest BCUT2D eigenvalue weighted by molar-refractivity contribution is 8.00. The second-order valence-corrected chi connectivity index (χ2v) is 6.99. The highest BCUT2D eigenvalue weighted by Gasteiger charge is 2.34. The highest BCUT2D eigenvalue weighted by Crippen LogP contribution is 2.38. The van der Waals surface area contributed by atoms with Crippen molar-refractivity contribution in [3.63, 3.8) is 0 Å². The number of likely N-dealkylation sites (tertiary alicyclic amines) is 1. The molecule has 0 radical (unpaired) electrons. The normalized spacial score (nSPS) is 26.7. The van der Waals surface area contributed by atoms with Gasteiger partial charge in [0, 0.05) is 23.9 Å². The lowest BCUT2D eigenvalue weighted by molar-refractivity contribution is -0.126. The maximum atomic E-state index is 11.9. The van der Waals surface area contributed by atoms with Crippen molar-refractivity contribution in [3.05, 3.63) is 12.3 Å². The van der Waals surface area contributed by atoms with Crippen molar-refractivity contribution < 1.29 is 4.79 Å². The molecular formula is C15H25NOS. The van der Waals surface area contributed by atoms with Crippen molar-refractivity contribution >= 4 is 17.7 Å². The van der Waals surface area contributed by atoms with Crippen LogP contribution in [0.25, 0.3) is 0 Å². The van der Waals surface area contributed by atoms with Gasteiger partial charge in [-0.25, -0.2) is 0 Å². The second-order valence-electron chi connectivity index (χ2n) is 5.48. The van der Waals surface area contributed by atoms with Gasteiger partial charge in [0.15, 0.2) is 0 Å². The summed E-state index contributed by atoms with van der Waals surface area (Å²) in [4.78, 5) is 13.9. The van der Waals surface area contributed by atoms with Crippen molar-refractivity contribution in [2.24, 2.45) is 0 Å². The Labute approximate surface area is 115 Å². The molecular weight excluding hydrogens is 242 g/mol. The van der Waals surface area contributed by atoms with E-state index in [0.717, 1.165) is 23.9 Å². The van der Waals surface area contributed by atoms with Crippen molar-refractivity contribution in [2.45, 2.75) is 68.8 Å². The summed E-state index contributed by atoms with van der Waals surface area (Å²) in [6.45, 7) is 7.12. The van der Waals surface area contributed by atoms with Crippen molar-refractivity contribution in [1.82, 2.24) is 4.90 Å². The Kier molecular flexibility index (Phi) is 5.16. The van der Waals surface area contributed by atoms with Crippen LogP contribution in [0.15, 0.2) is 12.3 Å². The zero-order chi connectivity index (χ0) is 13.0. The molecule has 1 saturated carbocycles. The first-order valence-electron chi connectivity index (χ1n) is 7.37. The first-order valence-corrected chi connectivity index (χ1v) is 8.31. The molecule has 18 heavy (non-hydrogen) atoms. The minimum absolute atomic E-state index is 0.285. The predicted octanol–water partition coefficient (Wildman–Crippen LogP) is 3.97. The van der Waals surface area contributed by atoms with E-state index in [1.54, 1.807) is 0 Å². The number of carbonyl (C=O) groups excluding carboxylic acids is 1. The molecule has 2 nitrogen and oxygen atoms in total. The third-order valence-electron chi connectivity index (χ3n) is 3.99. The predicted molar refractivity (Wildman–Crippen MR) is 78.6 cm³/mol. The Hall–Kier alpha value is -0.440. The Morgan fingerprint density at radius 1 is 1.28 bits per heavy atom. The van der Waals surface area contributed by atoms with Gasteiger partial charge in [-0.15, -0.1) is 11.8 Å². The van der Waals surface area contributed by atoms with E-state index >= 15 is 0 Å². The number of amides is 1. The van der Waals surface area contributed by atoms with Crippen LogP contribution in [0, 0.1) is 0 Å². The summed E-state index contributed by atoms with van der Waals surface area (Å²) in [5.41, 5.74) is 1.07. The first kappa shape index (κ1) is 14.0. The average Bonchev–Trinajstić information content (AvgIpc) is 2.58. The van der Waals surface area contributed by atoms with Gasteiger partial charge in [-0.2, -0.15) is 0 Å². The lowest BCUT2D eigenvalue weighted by Gasteiger charge is -2.21. The van der Waals surface area contributed by atoms with Gasteiger partial charge in [-0.05, 0) is 19.3 Å². The van der Waals surface area contributed by atoms with Gasteiger partial charge in [0.25, 0.3) is 0 Å². The lowest BCUT2D eigenvalue weighted by Crippen LogP contribution is -2.24. The van der Waals surface area contributed by atoms with Crippen LogP contribution in [0.5, 0.6) is 0 Å². The lowest BCUT2D eigenvalue weighted by atomic mass is 10.2. The summed E-state index contributed by atoms with van der Waals surface area (Å²) >= 11 is 2.02. The Bertz CT molecular complexity index is 308. The van der Waals surface area contributed by atoms with Crippen LogP contribution in [0.3, 0.4) is 0 Å². The van der Waals surface area contributed by atoms with Crippen molar-refractivity contribution in [2.75, 3.05) is 6.54 Å². The topological polar surface area (TPSA) is 20.3 Å². The van der Waals surface area contributed by atoms with E-state index in [1.165, 1.54) is 38.5 Å². The Balaban J connectivity index is 1.89. The van der Waals surface area contributed by atoms with Crippen LogP contribution >= 0.6 is 11.8 Å². The largest absolute Gasteiger partial charge is 0.316 e. The molecule has 1 saturated heterocycles. The van der Waals surface area contributed by atoms with Crippen molar-refractivity contribution in [1.29, 1.82) is 0 Å². The summed E-state index contributed by atoms with van der Waals surface area (Å²) < 4.78 is 0. The average molecular weight is 267 g/mol. The summed E-state index contributed by atoms with van der Waals surface area (Å²) in [6.07, 6.45) is 9.87. The molecule has 1 amide bonds. The maximum absolute atomic E-state index is 11.9. The molecule has 3 heteroatoms. The second kappa shape index (κ2) is 6.65. The maximum Gasteiger partial charge on any atom is 0.228 e. The fourth-order valence-electron chi connectivity index (χ4n) is 2.95. The van der Waals surface area contributed by atoms with E-state index in [1.807, 2.05) is 16.7 Å². The van der Waals surface area contributed by atoms with Crippen LogP contribution in [-0.2, 0) is 4.79 Å². The Morgan fingerprint density at radius 2 is 1.94 bits per heavy atom. The van der Waals surface area contributed by atoms with E-state index < -0.39 is 0 Å². The molecule has 1 aliphatic carbocycles. The number of rotatable bonds is 4. The van der Waals surface area contributed by atoms with Crippen LogP contribution < -0.4 is 0 Å². The molecule has 0 aromatic rings. The first-order chi connectivity index (χ1) is 8.72. The van der Waals surface area contributed by atoms with E-state index in [-0.39, 0.29) is 5.91 Å². The van der Waals surface area contributed by atoms with E-state index in [0.29, 0.717) is 11.7 Å². The molecule has 1 unspecified atom stereocenters. The van der Waals surface area contributed by atoms with Gasteiger partial charge < -0.3 is 4.90 Å². The zero-order valence-electron chi connectivity index (χ0n) is 11.5. The molecule has 1 aliphatic heterocycles. The van der Waals surface area contributed by atoms with Gasteiger partial charge in [0.05, 0.1) is 5.25 Å². The third kappa shape index (κ3) is 3.31. The fraction of sp³-hybridized carbons (Fsp3) is 0.800. The molecule has 0 aromatic heterocycles. The molecule has 102 valence electrons. The molecule has 0 aromatic carbocycles. The number of nitrogens with zero attached hydrogens (tertiary/aromatic N) is 1. The summed E-state index contributed by atoms with van der Waals surface area (Å²) in [6, 6.07) is 0. The highest BCUT2D eigenvalue weighted by atomic mass is 32.2. The SMILES string of the molecule is C=C1C(SC2CCCCCC2)CC(=O)N1CCC. The van der Waals surface area contributed by atoms with Crippen LogP contribution in [0.4, 0.5) is 0 Å². The summed E-state index contributed by atoms with van der Waals surface area (Å²) in [5, 5.41) is 1.11. The molecule has 0 bridgehead atoms. The van der Waals surface area contributed by atoms with Gasteiger partial charge in [0.1, 0.15) is 0 Å². The monoisotopic (exact) mass is 267 g/mol. The number of hydrogen-bond donors (Lipinski definition) is 0. The molecule has 0 N–H and O–H groups in total. The van der Waals surface area contributed by atoms with Gasteiger partial charge in [-0.3, -0.25) is 4.79 Å². The quantitative estimate of drug-likeness (QED) is 0.718. The molecule has 1 heterocycles. The molecule has 0 spiro atoms. The van der Waals surface area contributed by atoms with E-state index in [4.69, 9.17) is 0 Å². The van der Waals surface area contributed by atoms with Crippen LogP contribution in [-0.4, -0.2) is 27.9 Å². The fourth-order valence-corrected chi connectivity index (χ4v) is 4.54. The van der Waals surface area contributed by atoms with E-state index in [2.05, 4.69) is 13.5 Å². The number of thioether (sulfide) groups is 1. The van der Waals surface area contributed by atoms with Gasteiger partial charge in [0.2, 0.25) is 5.91 Å². The smallest absolute Gasteiger partial charge is 0.228 e. The van der Waals surface area contributed by atoms with Gasteiger partial charge >= 0.3 is 0 Å². The summed E-state index contributed by atoms with van der Waals surface area (Å²) in [7, 11) is 0. The minimum atomic E-state index is 0.285. The molecule has 1 atom stereocenters.